The van der Waals surface area contributed by atoms with Crippen LogP contribution in [-0.2, 0) is 14.4 Å². The molecule has 0 spiro atoms. The molecule has 2 atom stereocenters. The maximum Gasteiger partial charge on any atom is 0.318 e. The van der Waals surface area contributed by atoms with E-state index in [0.717, 1.165) is 32.1 Å². The minimum atomic E-state index is -1.35. The number of urea groups is 1. The maximum atomic E-state index is 13.0. The number of carboxylic acid groups (broad SMARTS) is 3. The Morgan fingerprint density at radius 2 is 1.58 bits per heavy atom. The molecule has 0 saturated heterocycles. The van der Waals surface area contributed by atoms with Gasteiger partial charge in [0.05, 0.1) is 19.6 Å². The smallest absolute Gasteiger partial charge is 0.318 e. The Balaban J connectivity index is 0.0000102. The summed E-state index contributed by atoms with van der Waals surface area (Å²) in [6.45, 7) is -0.529. The predicted octanol–water partition coefficient (Wildman–Crippen LogP) is 0.353. The SMILES string of the molecule is CN(CCCCCCN)C(=O)N[C@]1(N(CC(=O)O)CC(=O)O)CCCC[C@H]1NCC(=O)O.Cl. The summed E-state index contributed by atoms with van der Waals surface area (Å²) in [7, 11) is 1.62. The molecule has 0 aliphatic heterocycles. The van der Waals surface area contributed by atoms with E-state index in [4.69, 9.17) is 10.8 Å². The van der Waals surface area contributed by atoms with E-state index in [0.29, 0.717) is 32.4 Å². The highest BCUT2D eigenvalue weighted by Gasteiger charge is 2.48. The first kappa shape index (κ1) is 30.9. The number of hydrogen-bond acceptors (Lipinski definition) is 7. The van der Waals surface area contributed by atoms with Crippen LogP contribution in [0.15, 0.2) is 0 Å². The van der Waals surface area contributed by atoms with Crippen molar-refractivity contribution in [1.29, 1.82) is 0 Å². The summed E-state index contributed by atoms with van der Waals surface area (Å²) in [6, 6.07) is -1.10. The van der Waals surface area contributed by atoms with Crippen LogP contribution in [0, 0.1) is 0 Å². The molecule has 0 aromatic rings. The van der Waals surface area contributed by atoms with Gasteiger partial charge in [0.2, 0.25) is 0 Å². The largest absolute Gasteiger partial charge is 0.480 e. The van der Waals surface area contributed by atoms with Crippen molar-refractivity contribution in [3.8, 4) is 0 Å². The first-order chi connectivity index (χ1) is 15.1. The lowest BCUT2D eigenvalue weighted by molar-refractivity contribution is -0.148. The van der Waals surface area contributed by atoms with E-state index in [9.17, 15) is 29.4 Å². The molecule has 2 amide bonds. The summed E-state index contributed by atoms with van der Waals surface area (Å²) in [5, 5.41) is 33.7. The second-order valence-electron chi connectivity index (χ2n) is 8.20. The number of carbonyl (C=O) groups is 4. The van der Waals surface area contributed by atoms with E-state index in [2.05, 4.69) is 10.6 Å². The summed E-state index contributed by atoms with van der Waals surface area (Å²) in [5.41, 5.74) is 4.13. The second kappa shape index (κ2) is 15.6. The average Bonchev–Trinajstić information content (AvgIpc) is 2.71. The molecule has 0 heterocycles. The summed E-state index contributed by atoms with van der Waals surface area (Å²) < 4.78 is 0. The van der Waals surface area contributed by atoms with E-state index < -0.39 is 55.3 Å². The van der Waals surface area contributed by atoms with Crippen LogP contribution in [0.2, 0.25) is 0 Å². The Bertz CT molecular complexity index is 638. The zero-order valence-corrected chi connectivity index (χ0v) is 19.9. The van der Waals surface area contributed by atoms with E-state index in [-0.39, 0.29) is 12.4 Å². The molecule has 0 unspecified atom stereocenters. The molecule has 0 aromatic heterocycles. The van der Waals surface area contributed by atoms with Gasteiger partial charge in [0.1, 0.15) is 5.66 Å². The van der Waals surface area contributed by atoms with E-state index in [1.54, 1.807) is 7.05 Å². The normalized spacial score (nSPS) is 20.0. The van der Waals surface area contributed by atoms with Crippen LogP contribution in [0.5, 0.6) is 0 Å². The Morgan fingerprint density at radius 1 is 0.970 bits per heavy atom. The van der Waals surface area contributed by atoms with Gasteiger partial charge in [0, 0.05) is 19.6 Å². The number of carbonyl (C=O) groups excluding carboxylic acids is 1. The third kappa shape index (κ3) is 10.5. The molecule has 0 aromatic carbocycles. The van der Waals surface area contributed by atoms with Gasteiger partial charge >= 0.3 is 23.9 Å². The number of aliphatic carboxylic acids is 3. The van der Waals surface area contributed by atoms with Crippen molar-refractivity contribution >= 4 is 36.3 Å². The lowest BCUT2D eigenvalue weighted by Crippen LogP contribution is -2.73. The van der Waals surface area contributed by atoms with Gasteiger partial charge in [-0.3, -0.25) is 19.3 Å². The molecular weight excluding hydrogens is 458 g/mol. The number of nitrogens with two attached hydrogens (primary N) is 1. The summed E-state index contributed by atoms with van der Waals surface area (Å²) in [4.78, 5) is 49.9. The van der Waals surface area contributed by atoms with Crippen molar-refractivity contribution < 1.29 is 34.5 Å². The van der Waals surface area contributed by atoms with E-state index in [1.807, 2.05) is 0 Å². The topological polar surface area (TPSA) is 186 Å². The minimum Gasteiger partial charge on any atom is -0.480 e. The van der Waals surface area contributed by atoms with Gasteiger partial charge in [-0.25, -0.2) is 4.79 Å². The molecule has 1 fully saturated rings. The number of rotatable bonds is 15. The van der Waals surface area contributed by atoms with E-state index >= 15 is 0 Å². The van der Waals surface area contributed by atoms with Crippen molar-refractivity contribution in [2.45, 2.75) is 63.1 Å². The van der Waals surface area contributed by atoms with Crippen LogP contribution < -0.4 is 16.4 Å². The molecular formula is C20H38ClN5O7. The molecule has 33 heavy (non-hydrogen) atoms. The third-order valence-corrected chi connectivity index (χ3v) is 5.71. The highest BCUT2D eigenvalue weighted by Crippen LogP contribution is 2.32. The van der Waals surface area contributed by atoms with Gasteiger partial charge < -0.3 is 36.6 Å². The maximum absolute atomic E-state index is 13.0. The lowest BCUT2D eigenvalue weighted by Gasteiger charge is -2.51. The molecule has 12 nitrogen and oxygen atoms in total. The first-order valence-electron chi connectivity index (χ1n) is 11.0. The van der Waals surface area contributed by atoms with Crippen LogP contribution in [0.4, 0.5) is 4.79 Å². The summed E-state index contributed by atoms with van der Waals surface area (Å²) >= 11 is 0. The standard InChI is InChI=1S/C20H37N5O7.ClH/c1-24(11-7-3-2-6-10-21)19(32)23-20(25(13-17(28)29)14-18(30)31)9-5-4-8-15(20)22-12-16(26)27;/h15,22H,2-14,21H2,1H3,(H,23,32)(H,26,27)(H,28,29)(H,30,31);1H/t15-,20+;/m1./s1. The van der Waals surface area contributed by atoms with Crippen molar-refractivity contribution in [3.05, 3.63) is 0 Å². The molecule has 0 bridgehead atoms. The first-order valence-corrected chi connectivity index (χ1v) is 11.0. The number of halogens is 1. The van der Waals surface area contributed by atoms with Crippen molar-refractivity contribution in [3.63, 3.8) is 0 Å². The molecule has 7 N–H and O–H groups in total. The zero-order valence-electron chi connectivity index (χ0n) is 19.1. The summed E-state index contributed by atoms with van der Waals surface area (Å²) in [5.74, 6) is -3.58. The molecule has 1 rings (SSSR count). The lowest BCUT2D eigenvalue weighted by atomic mass is 9.82. The van der Waals surface area contributed by atoms with Gasteiger partial charge in [0.25, 0.3) is 0 Å². The molecule has 13 heteroatoms. The van der Waals surface area contributed by atoms with Crippen molar-refractivity contribution in [1.82, 2.24) is 20.4 Å². The van der Waals surface area contributed by atoms with E-state index in [1.165, 1.54) is 9.80 Å². The second-order valence-corrected chi connectivity index (χ2v) is 8.20. The monoisotopic (exact) mass is 495 g/mol. The highest BCUT2D eigenvalue weighted by atomic mass is 35.5. The number of carboxylic acids is 3. The summed E-state index contributed by atoms with van der Waals surface area (Å²) in [6.07, 6.45) is 5.67. The van der Waals surface area contributed by atoms with Gasteiger partial charge in [-0.05, 0) is 38.6 Å². The van der Waals surface area contributed by atoms with Gasteiger partial charge in [-0.2, -0.15) is 0 Å². The predicted molar refractivity (Wildman–Crippen MR) is 123 cm³/mol. The third-order valence-electron chi connectivity index (χ3n) is 5.71. The average molecular weight is 496 g/mol. The van der Waals surface area contributed by atoms with Gasteiger partial charge in [-0.1, -0.05) is 19.3 Å². The number of nitrogens with zero attached hydrogens (tertiary/aromatic N) is 2. The van der Waals surface area contributed by atoms with Crippen LogP contribution >= 0.6 is 12.4 Å². The Morgan fingerprint density at radius 3 is 2.12 bits per heavy atom. The quantitative estimate of drug-likeness (QED) is 0.137. The molecule has 0 radical (unpaired) electrons. The molecule has 192 valence electrons. The van der Waals surface area contributed by atoms with Crippen molar-refractivity contribution in [2.24, 2.45) is 5.73 Å². The van der Waals surface area contributed by atoms with Crippen LogP contribution in [0.1, 0.15) is 51.4 Å². The van der Waals surface area contributed by atoms with Gasteiger partial charge in [-0.15, -0.1) is 12.4 Å². The van der Waals surface area contributed by atoms with Gasteiger partial charge in [0.15, 0.2) is 0 Å². The number of amides is 2. The Kier molecular flexibility index (Phi) is 14.6. The fraction of sp³-hybridized carbons (Fsp3) is 0.800. The zero-order chi connectivity index (χ0) is 24.1. The van der Waals surface area contributed by atoms with Crippen molar-refractivity contribution in [2.75, 3.05) is 39.8 Å². The Hall–Kier alpha value is -2.15. The highest BCUT2D eigenvalue weighted by molar-refractivity contribution is 5.85. The van der Waals surface area contributed by atoms with Crippen LogP contribution in [0.25, 0.3) is 0 Å². The minimum absolute atomic E-state index is 0. The molecule has 1 aliphatic rings. The molecule has 1 saturated carbocycles. The Labute approximate surface area is 200 Å². The fourth-order valence-electron chi connectivity index (χ4n) is 4.14. The number of nitrogens with one attached hydrogen (secondary N) is 2. The molecule has 1 aliphatic carbocycles. The van der Waals surface area contributed by atoms with Crippen LogP contribution in [0.3, 0.4) is 0 Å². The number of unbranched alkanes of at least 4 members (excludes halogenated alkanes) is 3. The fourth-order valence-corrected chi connectivity index (χ4v) is 4.14. The van der Waals surface area contributed by atoms with Crippen LogP contribution in [-0.4, -0.2) is 101 Å². The number of hydrogen-bond donors (Lipinski definition) is 6.